The van der Waals surface area contributed by atoms with Crippen LogP contribution in [0.4, 0.5) is 5.69 Å². The molecule has 1 heterocycles. The van der Waals surface area contributed by atoms with E-state index in [1.54, 1.807) is 6.07 Å². The van der Waals surface area contributed by atoms with Gasteiger partial charge in [-0.05, 0) is 87.1 Å². The molecule has 128 valence electrons. The van der Waals surface area contributed by atoms with Crippen LogP contribution in [-0.4, -0.2) is 10.9 Å². The van der Waals surface area contributed by atoms with Crippen LogP contribution in [-0.2, 0) is 0 Å². The Morgan fingerprint density at radius 1 is 1.04 bits per heavy atom. The lowest BCUT2D eigenvalue weighted by Crippen LogP contribution is -2.11. The predicted molar refractivity (Wildman–Crippen MR) is 114 cm³/mol. The van der Waals surface area contributed by atoms with Crippen LogP contribution in [0.15, 0.2) is 75.6 Å². The van der Waals surface area contributed by atoms with E-state index >= 15 is 0 Å². The van der Waals surface area contributed by atoms with E-state index in [2.05, 4.69) is 48.8 Å². The van der Waals surface area contributed by atoms with Gasteiger partial charge < -0.3 is 9.73 Å². The summed E-state index contributed by atoms with van der Waals surface area (Å²) < 4.78 is 7.77. The Bertz CT molecular complexity index is 1120. The number of anilines is 1. The second kappa shape index (κ2) is 7.20. The molecule has 4 aromatic rings. The van der Waals surface area contributed by atoms with Crippen molar-refractivity contribution in [2.75, 3.05) is 5.32 Å². The van der Waals surface area contributed by atoms with Gasteiger partial charge in [0.2, 0.25) is 5.89 Å². The Balaban J connectivity index is 1.64. The molecule has 0 atom stereocenters. The molecule has 0 aliphatic heterocycles. The van der Waals surface area contributed by atoms with Crippen LogP contribution in [0, 0.1) is 3.57 Å². The lowest BCUT2D eigenvalue weighted by molar-refractivity contribution is 0.102. The molecule has 4 rings (SSSR count). The van der Waals surface area contributed by atoms with Gasteiger partial charge in [0.25, 0.3) is 5.91 Å². The van der Waals surface area contributed by atoms with E-state index in [9.17, 15) is 4.79 Å². The van der Waals surface area contributed by atoms with Crippen molar-refractivity contribution in [1.82, 2.24) is 4.98 Å². The topological polar surface area (TPSA) is 55.1 Å². The molecule has 26 heavy (non-hydrogen) atoms. The molecule has 0 radical (unpaired) electrons. The van der Waals surface area contributed by atoms with Crippen molar-refractivity contribution in [2.45, 2.75) is 0 Å². The van der Waals surface area contributed by atoms with Crippen molar-refractivity contribution in [3.05, 3.63) is 80.3 Å². The van der Waals surface area contributed by atoms with Crippen LogP contribution in [0.2, 0.25) is 0 Å². The summed E-state index contributed by atoms with van der Waals surface area (Å²) in [6.45, 7) is 0. The van der Waals surface area contributed by atoms with E-state index in [-0.39, 0.29) is 5.91 Å². The number of oxazole rings is 1. The second-order valence-corrected chi connectivity index (χ2v) is 7.75. The van der Waals surface area contributed by atoms with Gasteiger partial charge in [0.15, 0.2) is 5.58 Å². The number of carbonyl (C=O) groups is 1. The van der Waals surface area contributed by atoms with Crippen LogP contribution in [0.5, 0.6) is 0 Å². The molecular formula is C20H12BrIN2O2. The summed E-state index contributed by atoms with van der Waals surface area (Å²) in [5.74, 6) is 0.381. The zero-order valence-corrected chi connectivity index (χ0v) is 17.1. The first-order valence-corrected chi connectivity index (χ1v) is 9.70. The lowest BCUT2D eigenvalue weighted by atomic mass is 10.2. The van der Waals surface area contributed by atoms with E-state index < -0.39 is 0 Å². The molecule has 0 spiro atoms. The molecule has 6 heteroatoms. The molecule has 0 saturated heterocycles. The predicted octanol–water partition coefficient (Wildman–Crippen LogP) is 6.11. The molecule has 1 amide bonds. The van der Waals surface area contributed by atoms with Gasteiger partial charge in [-0.1, -0.05) is 18.2 Å². The van der Waals surface area contributed by atoms with Crippen molar-refractivity contribution in [1.29, 1.82) is 0 Å². The molecule has 0 aliphatic rings. The van der Waals surface area contributed by atoms with Gasteiger partial charge in [-0.25, -0.2) is 4.98 Å². The molecule has 0 bridgehead atoms. The third-order valence-electron chi connectivity index (χ3n) is 3.84. The molecule has 4 nitrogen and oxygen atoms in total. The third kappa shape index (κ3) is 3.52. The minimum absolute atomic E-state index is 0.155. The fourth-order valence-electron chi connectivity index (χ4n) is 2.59. The number of rotatable bonds is 3. The van der Waals surface area contributed by atoms with Crippen LogP contribution in [0.3, 0.4) is 0 Å². The highest BCUT2D eigenvalue weighted by atomic mass is 127. The third-order valence-corrected chi connectivity index (χ3v) is 5.20. The van der Waals surface area contributed by atoms with Crippen molar-refractivity contribution < 1.29 is 9.21 Å². The van der Waals surface area contributed by atoms with Gasteiger partial charge in [0.05, 0.1) is 5.56 Å². The number of nitrogens with one attached hydrogen (secondary N) is 1. The van der Waals surface area contributed by atoms with E-state index in [1.165, 1.54) is 0 Å². The minimum Gasteiger partial charge on any atom is -0.436 e. The number of amides is 1. The number of halogens is 2. The smallest absolute Gasteiger partial charge is 0.255 e. The summed E-state index contributed by atoms with van der Waals surface area (Å²) in [5.41, 5.74) is 3.53. The Kier molecular flexibility index (Phi) is 4.78. The molecular weight excluding hydrogens is 507 g/mol. The van der Waals surface area contributed by atoms with Gasteiger partial charge >= 0.3 is 0 Å². The first-order valence-electron chi connectivity index (χ1n) is 7.82. The standard InChI is InChI=1S/C20H12BrIN2O2/c21-16-7-2-1-6-15(16)20-24-17-11-14(8-9-18(17)26-20)23-19(25)12-4-3-5-13(22)10-12/h1-11H,(H,23,25). The Labute approximate surface area is 171 Å². The zero-order chi connectivity index (χ0) is 18.1. The van der Waals surface area contributed by atoms with Crippen molar-refractivity contribution in [3.63, 3.8) is 0 Å². The van der Waals surface area contributed by atoms with Gasteiger partial charge in [-0.3, -0.25) is 4.79 Å². The SMILES string of the molecule is O=C(Nc1ccc2oc(-c3ccccc3Br)nc2c1)c1cccc(I)c1. The fraction of sp³-hybridized carbons (Fsp3) is 0. The van der Waals surface area contributed by atoms with Crippen molar-refractivity contribution in [3.8, 4) is 11.5 Å². The number of hydrogen-bond acceptors (Lipinski definition) is 3. The largest absolute Gasteiger partial charge is 0.436 e. The fourth-order valence-corrected chi connectivity index (χ4v) is 3.59. The van der Waals surface area contributed by atoms with Crippen LogP contribution in [0.1, 0.15) is 10.4 Å². The van der Waals surface area contributed by atoms with E-state index in [1.807, 2.05) is 60.7 Å². The van der Waals surface area contributed by atoms with Gasteiger partial charge in [0, 0.05) is 19.3 Å². The van der Waals surface area contributed by atoms with E-state index in [4.69, 9.17) is 4.42 Å². The first-order chi connectivity index (χ1) is 12.6. The molecule has 3 aromatic carbocycles. The van der Waals surface area contributed by atoms with Gasteiger partial charge in [-0.15, -0.1) is 0 Å². The number of fused-ring (bicyclic) bond motifs is 1. The zero-order valence-electron chi connectivity index (χ0n) is 13.4. The summed E-state index contributed by atoms with van der Waals surface area (Å²) in [4.78, 5) is 17.0. The lowest BCUT2D eigenvalue weighted by Gasteiger charge is -2.05. The molecule has 0 aliphatic carbocycles. The van der Waals surface area contributed by atoms with Crippen LogP contribution in [0.25, 0.3) is 22.6 Å². The Morgan fingerprint density at radius 2 is 1.88 bits per heavy atom. The van der Waals surface area contributed by atoms with E-state index in [0.717, 1.165) is 13.6 Å². The molecule has 1 aromatic heterocycles. The van der Waals surface area contributed by atoms with Crippen LogP contribution < -0.4 is 5.32 Å². The van der Waals surface area contributed by atoms with Gasteiger partial charge in [0.1, 0.15) is 5.52 Å². The normalized spacial score (nSPS) is 10.8. The number of nitrogens with zero attached hydrogens (tertiary/aromatic N) is 1. The number of hydrogen-bond donors (Lipinski definition) is 1. The van der Waals surface area contributed by atoms with Crippen LogP contribution >= 0.6 is 38.5 Å². The second-order valence-electron chi connectivity index (χ2n) is 5.65. The number of carbonyl (C=O) groups excluding carboxylic acids is 1. The first kappa shape index (κ1) is 17.2. The average molecular weight is 519 g/mol. The number of benzene rings is 3. The maximum absolute atomic E-state index is 12.4. The molecule has 0 unspecified atom stereocenters. The monoisotopic (exact) mass is 518 g/mol. The summed E-state index contributed by atoms with van der Waals surface area (Å²) in [7, 11) is 0. The maximum Gasteiger partial charge on any atom is 0.255 e. The molecule has 1 N–H and O–H groups in total. The molecule has 0 saturated carbocycles. The average Bonchev–Trinajstić information content (AvgIpc) is 3.05. The quantitative estimate of drug-likeness (QED) is 0.333. The maximum atomic E-state index is 12.4. The highest BCUT2D eigenvalue weighted by molar-refractivity contribution is 14.1. The van der Waals surface area contributed by atoms with Gasteiger partial charge in [-0.2, -0.15) is 0 Å². The highest BCUT2D eigenvalue weighted by Crippen LogP contribution is 2.31. The Hall–Kier alpha value is -2.19. The highest BCUT2D eigenvalue weighted by Gasteiger charge is 2.12. The van der Waals surface area contributed by atoms with Crippen molar-refractivity contribution in [2.24, 2.45) is 0 Å². The number of aromatic nitrogens is 1. The molecule has 0 fully saturated rings. The van der Waals surface area contributed by atoms with Crippen molar-refractivity contribution >= 4 is 61.2 Å². The Morgan fingerprint density at radius 3 is 2.69 bits per heavy atom. The van der Waals surface area contributed by atoms with E-state index in [0.29, 0.717) is 28.2 Å². The summed E-state index contributed by atoms with van der Waals surface area (Å²) in [6, 6.07) is 20.6. The summed E-state index contributed by atoms with van der Waals surface area (Å²) >= 11 is 5.70. The summed E-state index contributed by atoms with van der Waals surface area (Å²) in [6.07, 6.45) is 0. The summed E-state index contributed by atoms with van der Waals surface area (Å²) in [5, 5.41) is 2.90. The minimum atomic E-state index is -0.155.